The number of nitro benzene ring substituents is 1. The van der Waals surface area contributed by atoms with Crippen molar-refractivity contribution in [3.8, 4) is 0 Å². The van der Waals surface area contributed by atoms with Gasteiger partial charge in [0.15, 0.2) is 0 Å². The van der Waals surface area contributed by atoms with Gasteiger partial charge < -0.3 is 5.32 Å². The van der Waals surface area contributed by atoms with E-state index in [2.05, 4.69) is 22.2 Å². The van der Waals surface area contributed by atoms with Gasteiger partial charge in [-0.1, -0.05) is 19.4 Å². The Bertz CT molecular complexity index is 628. The second-order valence-corrected chi connectivity index (χ2v) is 4.50. The second-order valence-electron chi connectivity index (χ2n) is 4.50. The van der Waals surface area contributed by atoms with E-state index in [1.165, 1.54) is 6.07 Å². The van der Waals surface area contributed by atoms with Crippen LogP contribution in [-0.2, 0) is 6.42 Å². The fourth-order valence-electron chi connectivity index (χ4n) is 1.86. The van der Waals surface area contributed by atoms with Crippen molar-refractivity contribution in [1.82, 2.24) is 9.97 Å². The number of hydrogen-bond acceptors (Lipinski definition) is 5. The maximum Gasteiger partial charge on any atom is 0.274 e. The number of hydrogen-bond donors (Lipinski definition) is 1. The molecule has 0 radical (unpaired) electrons. The molecule has 1 N–H and O–H groups in total. The van der Waals surface area contributed by atoms with Crippen molar-refractivity contribution in [2.45, 2.75) is 26.7 Å². The topological polar surface area (TPSA) is 81.0 Å². The fourth-order valence-corrected chi connectivity index (χ4v) is 1.86. The van der Waals surface area contributed by atoms with Crippen LogP contribution in [0, 0.1) is 17.0 Å². The Morgan fingerprint density at radius 2 is 2.15 bits per heavy atom. The predicted molar refractivity (Wildman–Crippen MR) is 77.1 cm³/mol. The highest BCUT2D eigenvalue weighted by Gasteiger charge is 2.11. The Labute approximate surface area is 117 Å². The standard InChI is InChI=1S/C14H16N4O2/c1-3-4-11-7-8-15-14(16-11)17-12-6-5-10(2)13(9-12)18(19)20/h5-9H,3-4H2,1-2H3,(H,15,16,17). The van der Waals surface area contributed by atoms with Crippen molar-refractivity contribution < 1.29 is 4.92 Å². The van der Waals surface area contributed by atoms with E-state index in [9.17, 15) is 10.1 Å². The Morgan fingerprint density at radius 3 is 2.85 bits per heavy atom. The Morgan fingerprint density at radius 1 is 1.35 bits per heavy atom. The molecule has 0 aliphatic carbocycles. The van der Waals surface area contributed by atoms with Crippen molar-refractivity contribution in [2.75, 3.05) is 5.32 Å². The van der Waals surface area contributed by atoms with E-state index in [0.717, 1.165) is 18.5 Å². The second kappa shape index (κ2) is 6.10. The first-order chi connectivity index (χ1) is 9.60. The third-order valence-electron chi connectivity index (χ3n) is 2.88. The van der Waals surface area contributed by atoms with E-state index in [4.69, 9.17) is 0 Å². The largest absolute Gasteiger partial charge is 0.324 e. The molecule has 0 spiro atoms. The molecule has 1 aromatic carbocycles. The zero-order valence-electron chi connectivity index (χ0n) is 11.5. The smallest absolute Gasteiger partial charge is 0.274 e. The maximum atomic E-state index is 10.9. The Hall–Kier alpha value is -2.50. The maximum absolute atomic E-state index is 10.9. The molecule has 0 unspecified atom stereocenters. The van der Waals surface area contributed by atoms with E-state index in [-0.39, 0.29) is 5.69 Å². The zero-order chi connectivity index (χ0) is 14.5. The van der Waals surface area contributed by atoms with Gasteiger partial charge in [0.1, 0.15) is 0 Å². The molecule has 0 aliphatic rings. The molecule has 2 rings (SSSR count). The summed E-state index contributed by atoms with van der Waals surface area (Å²) >= 11 is 0. The summed E-state index contributed by atoms with van der Waals surface area (Å²) in [5.74, 6) is 0.453. The number of anilines is 2. The molecular weight excluding hydrogens is 256 g/mol. The molecule has 20 heavy (non-hydrogen) atoms. The highest BCUT2D eigenvalue weighted by atomic mass is 16.6. The number of aromatic nitrogens is 2. The van der Waals surface area contributed by atoms with Gasteiger partial charge in [-0.2, -0.15) is 0 Å². The average Bonchev–Trinajstić information content (AvgIpc) is 2.41. The van der Waals surface area contributed by atoms with Crippen molar-refractivity contribution in [3.63, 3.8) is 0 Å². The van der Waals surface area contributed by atoms with Crippen LogP contribution in [0.3, 0.4) is 0 Å². The summed E-state index contributed by atoms with van der Waals surface area (Å²) in [7, 11) is 0. The van der Waals surface area contributed by atoms with E-state index < -0.39 is 4.92 Å². The van der Waals surface area contributed by atoms with Gasteiger partial charge in [0.25, 0.3) is 5.69 Å². The third kappa shape index (κ3) is 3.28. The van der Waals surface area contributed by atoms with Gasteiger partial charge >= 0.3 is 0 Å². The van der Waals surface area contributed by atoms with Crippen molar-refractivity contribution in [1.29, 1.82) is 0 Å². The van der Waals surface area contributed by atoms with Gasteiger partial charge in [0.05, 0.1) is 4.92 Å². The normalized spacial score (nSPS) is 10.3. The van der Waals surface area contributed by atoms with Crippen LogP contribution in [0.15, 0.2) is 30.5 Å². The quantitative estimate of drug-likeness (QED) is 0.666. The molecule has 0 bridgehead atoms. The minimum absolute atomic E-state index is 0.0831. The van der Waals surface area contributed by atoms with Crippen LogP contribution in [-0.4, -0.2) is 14.9 Å². The lowest BCUT2D eigenvalue weighted by Crippen LogP contribution is -2.00. The lowest BCUT2D eigenvalue weighted by Gasteiger charge is -2.07. The first-order valence-electron chi connectivity index (χ1n) is 6.44. The molecule has 6 nitrogen and oxygen atoms in total. The van der Waals surface area contributed by atoms with E-state index in [1.54, 1.807) is 25.3 Å². The van der Waals surface area contributed by atoms with Gasteiger partial charge in [-0.25, -0.2) is 9.97 Å². The van der Waals surface area contributed by atoms with Gasteiger partial charge in [-0.05, 0) is 25.5 Å². The highest BCUT2D eigenvalue weighted by Crippen LogP contribution is 2.23. The van der Waals surface area contributed by atoms with Crippen molar-refractivity contribution in [2.24, 2.45) is 0 Å². The molecule has 1 aromatic heterocycles. The summed E-state index contributed by atoms with van der Waals surface area (Å²) < 4.78 is 0. The van der Waals surface area contributed by atoms with Gasteiger partial charge in [0.2, 0.25) is 5.95 Å². The molecule has 0 fully saturated rings. The van der Waals surface area contributed by atoms with Gasteiger partial charge in [-0.15, -0.1) is 0 Å². The Balaban J connectivity index is 2.23. The summed E-state index contributed by atoms with van der Waals surface area (Å²) in [5.41, 5.74) is 2.27. The number of nitrogens with zero attached hydrogens (tertiary/aromatic N) is 3. The molecular formula is C14H16N4O2. The van der Waals surface area contributed by atoms with Crippen LogP contribution in [0.25, 0.3) is 0 Å². The summed E-state index contributed by atoms with van der Waals surface area (Å²) in [6.45, 7) is 3.79. The van der Waals surface area contributed by atoms with Crippen LogP contribution in [0.1, 0.15) is 24.6 Å². The lowest BCUT2D eigenvalue weighted by atomic mass is 10.2. The van der Waals surface area contributed by atoms with E-state index in [0.29, 0.717) is 17.2 Å². The first kappa shape index (κ1) is 13.9. The summed E-state index contributed by atoms with van der Waals surface area (Å²) in [4.78, 5) is 19.0. The van der Waals surface area contributed by atoms with Crippen molar-refractivity contribution in [3.05, 3.63) is 51.8 Å². The number of aryl methyl sites for hydroxylation is 2. The monoisotopic (exact) mass is 272 g/mol. The van der Waals surface area contributed by atoms with Gasteiger partial charge in [0, 0.05) is 29.2 Å². The molecule has 1 heterocycles. The van der Waals surface area contributed by atoms with E-state index in [1.807, 2.05) is 6.07 Å². The summed E-state index contributed by atoms with van der Waals surface area (Å²) in [6.07, 6.45) is 3.57. The van der Waals surface area contributed by atoms with Crippen molar-refractivity contribution >= 4 is 17.3 Å². The summed E-state index contributed by atoms with van der Waals surface area (Å²) in [6, 6.07) is 6.84. The summed E-state index contributed by atoms with van der Waals surface area (Å²) in [5, 5.41) is 13.9. The van der Waals surface area contributed by atoms with Crippen LogP contribution >= 0.6 is 0 Å². The SMILES string of the molecule is CCCc1ccnc(Nc2ccc(C)c([N+](=O)[O-])c2)n1. The van der Waals surface area contributed by atoms with E-state index >= 15 is 0 Å². The molecule has 2 aromatic rings. The fraction of sp³-hybridized carbons (Fsp3) is 0.286. The highest BCUT2D eigenvalue weighted by molar-refractivity contribution is 5.59. The number of nitrogens with one attached hydrogen (secondary N) is 1. The number of benzene rings is 1. The van der Waals surface area contributed by atoms with Crippen LogP contribution in [0.4, 0.5) is 17.3 Å². The van der Waals surface area contributed by atoms with Crippen LogP contribution < -0.4 is 5.32 Å². The number of rotatable bonds is 5. The molecule has 0 saturated heterocycles. The lowest BCUT2D eigenvalue weighted by molar-refractivity contribution is -0.385. The Kier molecular flexibility index (Phi) is 4.24. The van der Waals surface area contributed by atoms with Crippen LogP contribution in [0.5, 0.6) is 0 Å². The third-order valence-corrected chi connectivity index (χ3v) is 2.88. The average molecular weight is 272 g/mol. The predicted octanol–water partition coefficient (Wildman–Crippen LogP) is 3.39. The molecule has 0 amide bonds. The number of nitro groups is 1. The first-order valence-corrected chi connectivity index (χ1v) is 6.44. The molecule has 0 saturated carbocycles. The molecule has 104 valence electrons. The molecule has 6 heteroatoms. The molecule has 0 atom stereocenters. The zero-order valence-corrected chi connectivity index (χ0v) is 11.5. The molecule has 0 aliphatic heterocycles. The minimum atomic E-state index is -0.394. The minimum Gasteiger partial charge on any atom is -0.324 e. The van der Waals surface area contributed by atoms with Crippen LogP contribution in [0.2, 0.25) is 0 Å². The van der Waals surface area contributed by atoms with Gasteiger partial charge in [-0.3, -0.25) is 10.1 Å².